The Bertz CT molecular complexity index is 658. The highest BCUT2D eigenvalue weighted by atomic mass is 127. The molecule has 1 aromatic rings. The van der Waals surface area contributed by atoms with E-state index in [9.17, 15) is 9.36 Å². The summed E-state index contributed by atoms with van der Waals surface area (Å²) < 4.78 is 30.1. The maximum absolute atomic E-state index is 12.8. The molecule has 0 bridgehead atoms. The van der Waals surface area contributed by atoms with Gasteiger partial charge in [-0.15, -0.1) is 0 Å². The lowest BCUT2D eigenvalue weighted by atomic mass is 10.0. The van der Waals surface area contributed by atoms with E-state index in [1.807, 2.05) is 18.2 Å². The van der Waals surface area contributed by atoms with Crippen molar-refractivity contribution in [1.82, 2.24) is 0 Å². The van der Waals surface area contributed by atoms with Crippen LogP contribution in [-0.2, 0) is 29.4 Å². The molecule has 1 aliphatic rings. The van der Waals surface area contributed by atoms with Gasteiger partial charge in [-0.25, -0.2) is 4.57 Å². The van der Waals surface area contributed by atoms with E-state index in [4.69, 9.17) is 13.6 Å². The molecule has 0 unspecified atom stereocenters. The van der Waals surface area contributed by atoms with Crippen LogP contribution in [-0.4, -0.2) is 37.4 Å². The third-order valence-corrected chi connectivity index (χ3v) is 8.61. The number of phosphoric ester groups is 1. The van der Waals surface area contributed by atoms with E-state index in [2.05, 4.69) is 58.3 Å². The summed E-state index contributed by atoms with van der Waals surface area (Å²) in [5.41, 5.74) is 1.81. The highest BCUT2D eigenvalue weighted by Crippen LogP contribution is 2.50. The van der Waals surface area contributed by atoms with E-state index in [-0.39, 0.29) is 25.9 Å². The second-order valence-electron chi connectivity index (χ2n) is 5.09. The van der Waals surface area contributed by atoms with E-state index >= 15 is 0 Å². The summed E-state index contributed by atoms with van der Waals surface area (Å²) in [6.45, 7) is 0.332. The summed E-state index contributed by atoms with van der Waals surface area (Å²) in [5, 5.41) is 0. The second kappa shape index (κ2) is 12.2. The highest BCUT2D eigenvalue weighted by Gasteiger charge is 2.31. The van der Waals surface area contributed by atoms with Gasteiger partial charge in [0, 0.05) is 28.1 Å². The summed E-state index contributed by atoms with van der Waals surface area (Å²) in [4.78, 5) is 13.8. The van der Waals surface area contributed by atoms with Crippen molar-refractivity contribution in [2.45, 2.75) is 12.8 Å². The molecule has 0 radical (unpaired) electrons. The van der Waals surface area contributed by atoms with Crippen molar-refractivity contribution in [2.24, 2.45) is 0 Å². The van der Waals surface area contributed by atoms with Gasteiger partial charge in [-0.1, -0.05) is 33.8 Å². The van der Waals surface area contributed by atoms with Crippen LogP contribution < -0.4 is 4.90 Å². The van der Waals surface area contributed by atoms with Crippen molar-refractivity contribution < 1.29 is 22.9 Å². The number of fused-ring (bicyclic) bond motifs is 1. The van der Waals surface area contributed by atoms with E-state index in [0.29, 0.717) is 24.3 Å². The van der Waals surface area contributed by atoms with Crippen LogP contribution in [0.1, 0.15) is 12.0 Å². The summed E-state index contributed by atoms with van der Waals surface area (Å²) in [6, 6.07) is 5.70. The van der Waals surface area contributed by atoms with Gasteiger partial charge in [0.2, 0.25) is 5.91 Å². The molecule has 0 atom stereocenters. The molecule has 1 amide bonds. The number of phosphoric acid groups is 1. The van der Waals surface area contributed by atoms with Crippen LogP contribution in [0.2, 0.25) is 0 Å². The first kappa shape index (κ1) is 23.7. The number of aryl methyl sites for hydroxylation is 1. The molecule has 1 aliphatic heterocycles. The average Bonchev–Trinajstić information content (AvgIpc) is 2.61. The second-order valence-corrected chi connectivity index (χ2v) is 12.7. The van der Waals surface area contributed by atoms with Crippen LogP contribution in [0.3, 0.4) is 0 Å². The molecular weight excluding hydrogens is 691 g/mol. The van der Waals surface area contributed by atoms with Gasteiger partial charge in [0.15, 0.2) is 0 Å². The Morgan fingerprint density at radius 2 is 1.77 bits per heavy atom. The molecule has 0 spiro atoms. The van der Waals surface area contributed by atoms with Gasteiger partial charge in [0.25, 0.3) is 0 Å². The molecule has 12 heteroatoms. The predicted octanol–water partition coefficient (Wildman–Crippen LogP) is 6.01. The van der Waals surface area contributed by atoms with Crippen LogP contribution in [0.4, 0.5) is 5.69 Å². The van der Waals surface area contributed by atoms with Crippen molar-refractivity contribution in [3.05, 3.63) is 28.2 Å². The van der Waals surface area contributed by atoms with Crippen LogP contribution in [0.5, 0.6) is 0 Å². The lowest BCUT2D eigenvalue weighted by Crippen LogP contribution is -2.36. The van der Waals surface area contributed by atoms with Crippen LogP contribution >= 0.6 is 84.0 Å². The first-order valence-electron chi connectivity index (χ1n) is 7.58. The summed E-state index contributed by atoms with van der Waals surface area (Å²) >= 11 is 7.72. The number of benzene rings is 1. The highest BCUT2D eigenvalue weighted by molar-refractivity contribution is 14.2. The van der Waals surface area contributed by atoms with Crippen LogP contribution in [0, 0.1) is 0 Å². The quantitative estimate of drug-likeness (QED) is 0.159. The number of carbonyl (C=O) groups is 1. The van der Waals surface area contributed by atoms with Gasteiger partial charge in [-0.3, -0.25) is 23.3 Å². The third kappa shape index (κ3) is 7.36. The molecule has 26 heavy (non-hydrogen) atoms. The first-order valence-corrected chi connectivity index (χ1v) is 16.9. The molecule has 0 aliphatic carbocycles. The Morgan fingerprint density at radius 3 is 2.38 bits per heavy atom. The Hall–Kier alpha value is 1.44. The SMILES string of the molecule is O=C1CCc2cc(Br)ccc2N1COP(=O)(OCCSI)OCCSI. The number of hydrogen-bond donors (Lipinski definition) is 0. The summed E-state index contributed by atoms with van der Waals surface area (Å²) in [6.07, 6.45) is 1.06. The molecule has 0 N–H and O–H groups in total. The Balaban J connectivity index is 2.06. The number of nitrogens with zero attached hydrogens (tertiary/aromatic N) is 1. The number of hydrogen-bond acceptors (Lipinski definition) is 7. The molecular formula is C14H17BrI2NO5PS2. The third-order valence-electron chi connectivity index (χ3n) is 3.41. The Kier molecular flexibility index (Phi) is 11.1. The zero-order valence-corrected chi connectivity index (χ0v) is 22.0. The molecule has 2 rings (SSSR count). The number of amides is 1. The topological polar surface area (TPSA) is 65.1 Å². The molecule has 0 saturated carbocycles. The minimum Gasteiger partial charge on any atom is -0.288 e. The molecule has 0 aromatic heterocycles. The molecule has 146 valence electrons. The van der Waals surface area contributed by atoms with Crippen LogP contribution in [0.15, 0.2) is 22.7 Å². The average molecular weight is 708 g/mol. The van der Waals surface area contributed by atoms with Crippen molar-refractivity contribution in [1.29, 1.82) is 0 Å². The minimum atomic E-state index is -3.73. The Morgan fingerprint density at radius 1 is 1.12 bits per heavy atom. The summed E-state index contributed by atoms with van der Waals surface area (Å²) in [5.74, 6) is 1.26. The van der Waals surface area contributed by atoms with Crippen molar-refractivity contribution >= 4 is 95.6 Å². The fourth-order valence-corrected chi connectivity index (χ4v) is 5.41. The molecule has 0 fully saturated rings. The van der Waals surface area contributed by atoms with E-state index in [0.717, 1.165) is 15.7 Å². The van der Waals surface area contributed by atoms with Gasteiger partial charge in [0.05, 0.1) is 13.2 Å². The van der Waals surface area contributed by atoms with Gasteiger partial charge in [0.1, 0.15) is 6.73 Å². The smallest absolute Gasteiger partial charge is 0.288 e. The molecule has 6 nitrogen and oxygen atoms in total. The molecule has 0 saturated heterocycles. The lowest BCUT2D eigenvalue weighted by Gasteiger charge is -2.30. The maximum Gasteiger partial charge on any atom is 0.476 e. The fourth-order valence-electron chi connectivity index (χ4n) is 2.27. The first-order chi connectivity index (χ1) is 12.5. The number of rotatable bonds is 11. The normalized spacial score (nSPS) is 14.6. The Labute approximate surface area is 194 Å². The number of halogens is 3. The van der Waals surface area contributed by atoms with Gasteiger partial charge in [-0.05, 0) is 72.6 Å². The van der Waals surface area contributed by atoms with E-state index in [1.54, 1.807) is 17.9 Å². The van der Waals surface area contributed by atoms with Crippen molar-refractivity contribution in [3.63, 3.8) is 0 Å². The van der Waals surface area contributed by atoms with Gasteiger partial charge >= 0.3 is 7.82 Å². The van der Waals surface area contributed by atoms with Gasteiger partial charge < -0.3 is 0 Å². The number of carbonyl (C=O) groups excluding carboxylic acids is 1. The van der Waals surface area contributed by atoms with E-state index in [1.165, 1.54) is 4.90 Å². The standard InChI is InChI=1S/C14H17BrI2NO5PS2/c15-12-2-3-13-11(9-12)1-4-14(19)18(13)10-23-24(20,21-5-7-25-16)22-6-8-26-17/h2-3,9H,1,4-8,10H2. The monoisotopic (exact) mass is 707 g/mol. The largest absolute Gasteiger partial charge is 0.476 e. The maximum atomic E-state index is 12.8. The van der Waals surface area contributed by atoms with Crippen molar-refractivity contribution in [3.8, 4) is 0 Å². The summed E-state index contributed by atoms with van der Waals surface area (Å²) in [7, 11) is -0.634. The molecule has 1 aromatic carbocycles. The van der Waals surface area contributed by atoms with Crippen molar-refractivity contribution in [2.75, 3.05) is 36.4 Å². The zero-order chi connectivity index (χ0) is 19.0. The van der Waals surface area contributed by atoms with E-state index < -0.39 is 7.82 Å². The minimum absolute atomic E-state index is 0.0722. The number of anilines is 1. The lowest BCUT2D eigenvalue weighted by molar-refractivity contribution is -0.119. The fraction of sp³-hybridized carbons (Fsp3) is 0.500. The zero-order valence-electron chi connectivity index (χ0n) is 13.6. The predicted molar refractivity (Wildman–Crippen MR) is 128 cm³/mol. The molecule has 1 heterocycles. The van der Waals surface area contributed by atoms with Gasteiger partial charge in [-0.2, -0.15) is 0 Å². The van der Waals surface area contributed by atoms with Crippen LogP contribution in [0.25, 0.3) is 0 Å².